The SMILES string of the molecule is CCOCC(Br)CC. The third kappa shape index (κ3) is 4.60. The Kier molecular flexibility index (Phi) is 5.88. The summed E-state index contributed by atoms with van der Waals surface area (Å²) in [6.07, 6.45) is 1.14. The normalized spacial score (nSPS) is 13.9. The molecule has 0 aliphatic heterocycles. The maximum Gasteiger partial charge on any atom is 0.0591 e. The van der Waals surface area contributed by atoms with Gasteiger partial charge in [0, 0.05) is 11.4 Å². The van der Waals surface area contributed by atoms with Crippen LogP contribution in [0.2, 0.25) is 0 Å². The zero-order chi connectivity index (χ0) is 6.41. The summed E-state index contributed by atoms with van der Waals surface area (Å²) in [4.78, 5) is 0.544. The first kappa shape index (κ1) is 8.44. The summed E-state index contributed by atoms with van der Waals surface area (Å²) in [5.41, 5.74) is 0. The topological polar surface area (TPSA) is 9.23 Å². The maximum absolute atomic E-state index is 5.14. The number of rotatable bonds is 4. The summed E-state index contributed by atoms with van der Waals surface area (Å²) in [6, 6.07) is 0. The fraction of sp³-hybridized carbons (Fsp3) is 1.00. The second-order valence-corrected chi connectivity index (χ2v) is 2.96. The van der Waals surface area contributed by atoms with Crippen molar-refractivity contribution in [2.24, 2.45) is 0 Å². The molecule has 1 nitrogen and oxygen atoms in total. The Morgan fingerprint density at radius 1 is 1.50 bits per heavy atom. The quantitative estimate of drug-likeness (QED) is 0.604. The highest BCUT2D eigenvalue weighted by atomic mass is 79.9. The standard InChI is InChI=1S/C6H13BrO/c1-3-6(7)5-8-4-2/h6H,3-5H2,1-2H3. The van der Waals surface area contributed by atoms with E-state index in [1.165, 1.54) is 0 Å². The van der Waals surface area contributed by atoms with E-state index in [9.17, 15) is 0 Å². The van der Waals surface area contributed by atoms with Crippen molar-refractivity contribution in [2.45, 2.75) is 25.1 Å². The molecule has 0 fully saturated rings. The van der Waals surface area contributed by atoms with Gasteiger partial charge in [-0.3, -0.25) is 0 Å². The lowest BCUT2D eigenvalue weighted by atomic mass is 10.4. The summed E-state index contributed by atoms with van der Waals surface area (Å²) < 4.78 is 5.14. The first-order valence-electron chi connectivity index (χ1n) is 3.03. The van der Waals surface area contributed by atoms with E-state index in [1.807, 2.05) is 6.92 Å². The lowest BCUT2D eigenvalue weighted by molar-refractivity contribution is 0.149. The van der Waals surface area contributed by atoms with E-state index >= 15 is 0 Å². The van der Waals surface area contributed by atoms with E-state index < -0.39 is 0 Å². The Morgan fingerprint density at radius 2 is 2.12 bits per heavy atom. The van der Waals surface area contributed by atoms with Gasteiger partial charge >= 0.3 is 0 Å². The highest BCUT2D eigenvalue weighted by Crippen LogP contribution is 2.03. The lowest BCUT2D eigenvalue weighted by Crippen LogP contribution is -2.06. The number of alkyl halides is 1. The molecule has 0 saturated carbocycles. The third-order valence-corrected chi connectivity index (χ3v) is 1.86. The van der Waals surface area contributed by atoms with Gasteiger partial charge in [-0.25, -0.2) is 0 Å². The predicted octanol–water partition coefficient (Wildman–Crippen LogP) is 2.20. The van der Waals surface area contributed by atoms with E-state index in [4.69, 9.17) is 4.74 Å². The molecular formula is C6H13BrO. The highest BCUT2D eigenvalue weighted by Gasteiger charge is 1.97. The Labute approximate surface area is 59.5 Å². The van der Waals surface area contributed by atoms with Crippen LogP contribution < -0.4 is 0 Å². The molecule has 8 heavy (non-hydrogen) atoms. The number of hydrogen-bond acceptors (Lipinski definition) is 1. The average Bonchev–Trinajstić information content (AvgIpc) is 1.83. The van der Waals surface area contributed by atoms with Gasteiger partial charge in [-0.2, -0.15) is 0 Å². The third-order valence-electron chi connectivity index (χ3n) is 0.946. The summed E-state index contributed by atoms with van der Waals surface area (Å²) in [6.45, 7) is 5.81. The van der Waals surface area contributed by atoms with Crippen molar-refractivity contribution in [3.05, 3.63) is 0 Å². The summed E-state index contributed by atoms with van der Waals surface area (Å²) in [7, 11) is 0. The van der Waals surface area contributed by atoms with Gasteiger partial charge in [-0.1, -0.05) is 22.9 Å². The fourth-order valence-corrected chi connectivity index (χ4v) is 0.550. The van der Waals surface area contributed by atoms with Crippen LogP contribution in [0.5, 0.6) is 0 Å². The van der Waals surface area contributed by atoms with Crippen molar-refractivity contribution in [1.82, 2.24) is 0 Å². The average molecular weight is 181 g/mol. The van der Waals surface area contributed by atoms with Crippen LogP contribution in [0.1, 0.15) is 20.3 Å². The van der Waals surface area contributed by atoms with Gasteiger partial charge < -0.3 is 4.74 Å². The van der Waals surface area contributed by atoms with Gasteiger partial charge in [0.1, 0.15) is 0 Å². The van der Waals surface area contributed by atoms with Gasteiger partial charge in [0.15, 0.2) is 0 Å². The predicted molar refractivity (Wildman–Crippen MR) is 39.5 cm³/mol. The molecule has 0 aromatic heterocycles. The van der Waals surface area contributed by atoms with Crippen LogP contribution in [0.25, 0.3) is 0 Å². The Morgan fingerprint density at radius 3 is 2.50 bits per heavy atom. The van der Waals surface area contributed by atoms with Gasteiger partial charge in [-0.05, 0) is 13.3 Å². The first-order chi connectivity index (χ1) is 3.81. The number of halogens is 1. The molecule has 0 aliphatic rings. The monoisotopic (exact) mass is 180 g/mol. The van der Waals surface area contributed by atoms with Crippen molar-refractivity contribution in [3.8, 4) is 0 Å². The fourth-order valence-electron chi connectivity index (χ4n) is 0.364. The van der Waals surface area contributed by atoms with Crippen LogP contribution >= 0.6 is 15.9 Å². The molecule has 0 rings (SSSR count). The minimum absolute atomic E-state index is 0.544. The molecule has 50 valence electrons. The van der Waals surface area contributed by atoms with Gasteiger partial charge in [0.25, 0.3) is 0 Å². The summed E-state index contributed by atoms with van der Waals surface area (Å²) in [5, 5.41) is 0. The first-order valence-corrected chi connectivity index (χ1v) is 3.94. The van der Waals surface area contributed by atoms with Gasteiger partial charge in [0.05, 0.1) is 6.61 Å². The molecule has 0 heterocycles. The van der Waals surface area contributed by atoms with Crippen molar-refractivity contribution in [2.75, 3.05) is 13.2 Å². The molecule has 0 bridgehead atoms. The summed E-state index contributed by atoms with van der Waals surface area (Å²) in [5.74, 6) is 0. The lowest BCUT2D eigenvalue weighted by Gasteiger charge is -2.04. The van der Waals surface area contributed by atoms with Crippen LogP contribution in [0.15, 0.2) is 0 Å². The largest absolute Gasteiger partial charge is 0.381 e. The van der Waals surface area contributed by atoms with Crippen molar-refractivity contribution >= 4 is 15.9 Å². The second kappa shape index (κ2) is 5.57. The van der Waals surface area contributed by atoms with Crippen LogP contribution in [-0.4, -0.2) is 18.0 Å². The molecule has 1 unspecified atom stereocenters. The Bertz CT molecular complexity index is 47.8. The molecule has 1 atom stereocenters. The Balaban J connectivity index is 2.86. The van der Waals surface area contributed by atoms with E-state index in [-0.39, 0.29) is 0 Å². The molecule has 2 heteroatoms. The van der Waals surface area contributed by atoms with Crippen molar-refractivity contribution < 1.29 is 4.74 Å². The van der Waals surface area contributed by atoms with Gasteiger partial charge in [-0.15, -0.1) is 0 Å². The van der Waals surface area contributed by atoms with E-state index in [0.29, 0.717) is 4.83 Å². The smallest absolute Gasteiger partial charge is 0.0591 e. The molecule has 0 aliphatic carbocycles. The van der Waals surface area contributed by atoms with Crippen molar-refractivity contribution in [1.29, 1.82) is 0 Å². The zero-order valence-corrected chi connectivity index (χ0v) is 7.07. The molecule has 0 amide bonds. The highest BCUT2D eigenvalue weighted by molar-refractivity contribution is 9.09. The van der Waals surface area contributed by atoms with Crippen LogP contribution in [0.4, 0.5) is 0 Å². The molecule has 0 saturated heterocycles. The van der Waals surface area contributed by atoms with Crippen LogP contribution in [-0.2, 0) is 4.74 Å². The molecule has 0 aromatic rings. The minimum Gasteiger partial charge on any atom is -0.381 e. The number of hydrogen-bond donors (Lipinski definition) is 0. The number of ether oxygens (including phenoxy) is 1. The second-order valence-electron chi connectivity index (χ2n) is 1.66. The van der Waals surface area contributed by atoms with E-state index in [1.54, 1.807) is 0 Å². The Hall–Kier alpha value is 0.440. The van der Waals surface area contributed by atoms with Gasteiger partial charge in [0.2, 0.25) is 0 Å². The molecule has 0 aromatic carbocycles. The molecule has 0 radical (unpaired) electrons. The summed E-state index contributed by atoms with van der Waals surface area (Å²) >= 11 is 3.45. The van der Waals surface area contributed by atoms with Crippen molar-refractivity contribution in [3.63, 3.8) is 0 Å². The molecule has 0 N–H and O–H groups in total. The van der Waals surface area contributed by atoms with E-state index in [0.717, 1.165) is 19.6 Å². The minimum atomic E-state index is 0.544. The van der Waals surface area contributed by atoms with Crippen LogP contribution in [0, 0.1) is 0 Å². The maximum atomic E-state index is 5.14. The van der Waals surface area contributed by atoms with Crippen LogP contribution in [0.3, 0.4) is 0 Å². The molecule has 0 spiro atoms. The van der Waals surface area contributed by atoms with E-state index in [2.05, 4.69) is 22.9 Å². The zero-order valence-electron chi connectivity index (χ0n) is 5.48. The molecular weight excluding hydrogens is 168 g/mol.